The molecule has 1 aromatic rings. The largest absolute Gasteiger partial charge is 0.497 e. The van der Waals surface area contributed by atoms with Crippen LogP contribution < -0.4 is 20.1 Å². The molecule has 8 nitrogen and oxygen atoms in total. The van der Waals surface area contributed by atoms with E-state index in [4.69, 9.17) is 14.2 Å². The molecule has 0 bridgehead atoms. The van der Waals surface area contributed by atoms with Gasteiger partial charge in [-0.2, -0.15) is 0 Å². The summed E-state index contributed by atoms with van der Waals surface area (Å²) in [5, 5.41) is 5.49. The summed E-state index contributed by atoms with van der Waals surface area (Å²) in [4.78, 5) is 36.5. The first-order valence-corrected chi connectivity index (χ1v) is 9.59. The fourth-order valence-corrected chi connectivity index (χ4v) is 2.89. The fourth-order valence-electron chi connectivity index (χ4n) is 2.89. The summed E-state index contributed by atoms with van der Waals surface area (Å²) in [7, 11) is 4.35. The number of hydrogen-bond acceptors (Lipinski definition) is 6. The number of esters is 1. The third kappa shape index (κ3) is 8.41. The smallest absolute Gasteiger partial charge is 0.328 e. The lowest BCUT2D eigenvalue weighted by Crippen LogP contribution is -2.42. The quantitative estimate of drug-likeness (QED) is 0.546. The number of anilines is 1. The molecule has 0 fully saturated rings. The van der Waals surface area contributed by atoms with Gasteiger partial charge in [-0.1, -0.05) is 20.8 Å². The van der Waals surface area contributed by atoms with Gasteiger partial charge in [0.05, 0.1) is 27.0 Å². The van der Waals surface area contributed by atoms with E-state index in [1.54, 1.807) is 32.2 Å². The second-order valence-electron chi connectivity index (χ2n) is 7.40. The summed E-state index contributed by atoms with van der Waals surface area (Å²) < 4.78 is 15.1. The standard InChI is InChI=1S/C21H32N2O6/c1-13(2)9-17(21(26)29-6)23-20(25)11-14(3)10-19(24)22-16-8-7-15(27-4)12-18(16)28-5/h7-8,12-14,17H,9-11H2,1-6H3,(H,22,24)(H,23,25). The highest BCUT2D eigenvalue weighted by Gasteiger charge is 2.24. The van der Waals surface area contributed by atoms with E-state index in [9.17, 15) is 14.4 Å². The number of ether oxygens (including phenoxy) is 3. The van der Waals surface area contributed by atoms with Crippen molar-refractivity contribution in [3.05, 3.63) is 18.2 Å². The summed E-state index contributed by atoms with van der Waals surface area (Å²) in [6.45, 7) is 5.73. The third-order valence-corrected chi connectivity index (χ3v) is 4.28. The molecule has 162 valence electrons. The number of carbonyl (C=O) groups excluding carboxylic acids is 3. The number of nitrogens with one attached hydrogen (secondary N) is 2. The van der Waals surface area contributed by atoms with Gasteiger partial charge in [0.25, 0.3) is 0 Å². The molecular formula is C21H32N2O6. The highest BCUT2D eigenvalue weighted by molar-refractivity contribution is 5.93. The van der Waals surface area contributed by atoms with Gasteiger partial charge in [0.2, 0.25) is 11.8 Å². The highest BCUT2D eigenvalue weighted by atomic mass is 16.5. The maximum absolute atomic E-state index is 12.3. The van der Waals surface area contributed by atoms with Crippen LogP contribution in [0.1, 0.15) is 40.0 Å². The second-order valence-corrected chi connectivity index (χ2v) is 7.40. The van der Waals surface area contributed by atoms with Crippen molar-refractivity contribution >= 4 is 23.5 Å². The number of rotatable bonds is 11. The van der Waals surface area contributed by atoms with Gasteiger partial charge in [-0.25, -0.2) is 4.79 Å². The topological polar surface area (TPSA) is 103 Å². The molecule has 1 aromatic carbocycles. The number of benzene rings is 1. The summed E-state index contributed by atoms with van der Waals surface area (Å²) >= 11 is 0. The van der Waals surface area contributed by atoms with Crippen molar-refractivity contribution in [3.63, 3.8) is 0 Å². The molecule has 2 amide bonds. The van der Waals surface area contributed by atoms with Crippen molar-refractivity contribution in [2.75, 3.05) is 26.6 Å². The second kappa shape index (κ2) is 11.9. The average Bonchev–Trinajstić information content (AvgIpc) is 2.66. The molecule has 8 heteroatoms. The summed E-state index contributed by atoms with van der Waals surface area (Å²) in [5.41, 5.74) is 0.526. The molecule has 0 radical (unpaired) electrons. The van der Waals surface area contributed by atoms with Crippen LogP contribution in [-0.4, -0.2) is 45.2 Å². The van der Waals surface area contributed by atoms with Gasteiger partial charge < -0.3 is 24.8 Å². The Morgan fingerprint density at radius 3 is 2.17 bits per heavy atom. The Labute approximate surface area is 172 Å². The van der Waals surface area contributed by atoms with E-state index in [0.29, 0.717) is 23.6 Å². The molecule has 0 heterocycles. The Kier molecular flexibility index (Phi) is 9.99. The van der Waals surface area contributed by atoms with Crippen molar-refractivity contribution < 1.29 is 28.6 Å². The Morgan fingerprint density at radius 2 is 1.62 bits per heavy atom. The van der Waals surface area contributed by atoms with E-state index in [2.05, 4.69) is 10.6 Å². The van der Waals surface area contributed by atoms with Crippen molar-refractivity contribution in [3.8, 4) is 11.5 Å². The predicted molar refractivity (Wildman–Crippen MR) is 110 cm³/mol. The molecule has 0 aliphatic rings. The molecule has 1 rings (SSSR count). The maximum atomic E-state index is 12.3. The lowest BCUT2D eigenvalue weighted by molar-refractivity contribution is -0.145. The van der Waals surface area contributed by atoms with E-state index >= 15 is 0 Å². The average molecular weight is 408 g/mol. The maximum Gasteiger partial charge on any atom is 0.328 e. The van der Waals surface area contributed by atoms with Crippen LogP contribution in [0.4, 0.5) is 5.69 Å². The van der Waals surface area contributed by atoms with Gasteiger partial charge in [0.1, 0.15) is 17.5 Å². The van der Waals surface area contributed by atoms with Crippen molar-refractivity contribution in [2.45, 2.75) is 46.1 Å². The molecule has 0 aromatic heterocycles. The van der Waals surface area contributed by atoms with E-state index < -0.39 is 12.0 Å². The van der Waals surface area contributed by atoms with Gasteiger partial charge in [-0.05, 0) is 30.4 Å². The molecule has 2 unspecified atom stereocenters. The molecule has 0 aliphatic carbocycles. The number of methoxy groups -OCH3 is 3. The Hall–Kier alpha value is -2.77. The molecule has 2 N–H and O–H groups in total. The van der Waals surface area contributed by atoms with Gasteiger partial charge in [0, 0.05) is 18.9 Å². The minimum atomic E-state index is -0.683. The molecule has 0 spiro atoms. The molecule has 0 saturated carbocycles. The summed E-state index contributed by atoms with van der Waals surface area (Å²) in [6, 6.07) is 4.40. The first-order chi connectivity index (χ1) is 13.7. The van der Waals surface area contributed by atoms with Crippen LogP contribution in [0.5, 0.6) is 11.5 Å². The lowest BCUT2D eigenvalue weighted by atomic mass is 10.0. The van der Waals surface area contributed by atoms with Crippen LogP contribution in [0.25, 0.3) is 0 Å². The number of hydrogen-bond donors (Lipinski definition) is 2. The normalized spacial score (nSPS) is 12.7. The zero-order valence-corrected chi connectivity index (χ0v) is 18.0. The van der Waals surface area contributed by atoms with E-state index in [1.807, 2.05) is 13.8 Å². The summed E-state index contributed by atoms with van der Waals surface area (Å²) in [6.07, 6.45) is 0.763. The molecule has 0 saturated heterocycles. The predicted octanol–water partition coefficient (Wildman–Crippen LogP) is 2.76. The van der Waals surface area contributed by atoms with Crippen LogP contribution in [0.15, 0.2) is 18.2 Å². The van der Waals surface area contributed by atoms with Crippen molar-refractivity contribution in [1.82, 2.24) is 5.32 Å². The van der Waals surface area contributed by atoms with Crippen molar-refractivity contribution in [2.24, 2.45) is 11.8 Å². The number of amides is 2. The van der Waals surface area contributed by atoms with E-state index in [-0.39, 0.29) is 36.5 Å². The monoisotopic (exact) mass is 408 g/mol. The first-order valence-electron chi connectivity index (χ1n) is 9.59. The SMILES string of the molecule is COC(=O)C(CC(C)C)NC(=O)CC(C)CC(=O)Nc1ccc(OC)cc1OC. The Bertz CT molecular complexity index is 704. The van der Waals surface area contributed by atoms with Crippen LogP contribution in [-0.2, 0) is 19.1 Å². The van der Waals surface area contributed by atoms with Crippen molar-refractivity contribution in [1.29, 1.82) is 0 Å². The third-order valence-electron chi connectivity index (χ3n) is 4.28. The minimum Gasteiger partial charge on any atom is -0.497 e. The lowest BCUT2D eigenvalue weighted by Gasteiger charge is -2.19. The van der Waals surface area contributed by atoms with Crippen LogP contribution >= 0.6 is 0 Å². The molecular weight excluding hydrogens is 376 g/mol. The van der Waals surface area contributed by atoms with E-state index in [1.165, 1.54) is 14.2 Å². The van der Waals surface area contributed by atoms with Crippen LogP contribution in [0.3, 0.4) is 0 Å². The molecule has 29 heavy (non-hydrogen) atoms. The Morgan fingerprint density at radius 1 is 0.966 bits per heavy atom. The van der Waals surface area contributed by atoms with Gasteiger partial charge in [-0.15, -0.1) is 0 Å². The summed E-state index contributed by atoms with van der Waals surface area (Å²) in [5.74, 6) is 0.121. The van der Waals surface area contributed by atoms with Gasteiger partial charge in [0.15, 0.2) is 0 Å². The number of carbonyl (C=O) groups is 3. The first kappa shape index (κ1) is 24.3. The van der Waals surface area contributed by atoms with Crippen LogP contribution in [0, 0.1) is 11.8 Å². The Balaban J connectivity index is 2.60. The highest BCUT2D eigenvalue weighted by Crippen LogP contribution is 2.29. The van der Waals surface area contributed by atoms with Gasteiger partial charge in [-0.3, -0.25) is 9.59 Å². The van der Waals surface area contributed by atoms with Gasteiger partial charge >= 0.3 is 5.97 Å². The van der Waals surface area contributed by atoms with Crippen LogP contribution in [0.2, 0.25) is 0 Å². The zero-order valence-electron chi connectivity index (χ0n) is 18.0. The molecule has 0 aliphatic heterocycles. The fraction of sp³-hybridized carbons (Fsp3) is 0.571. The zero-order chi connectivity index (χ0) is 22.0. The minimum absolute atomic E-state index is 0.124. The molecule has 2 atom stereocenters. The van der Waals surface area contributed by atoms with E-state index in [0.717, 1.165) is 0 Å².